The molecule has 3 rings (SSSR count). The van der Waals surface area contributed by atoms with Gasteiger partial charge in [-0.25, -0.2) is 4.98 Å². The van der Waals surface area contributed by atoms with E-state index in [1.54, 1.807) is 0 Å². The van der Waals surface area contributed by atoms with Gasteiger partial charge < -0.3 is 10.1 Å². The van der Waals surface area contributed by atoms with E-state index in [2.05, 4.69) is 15.3 Å². The molecule has 0 amide bonds. The Morgan fingerprint density at radius 1 is 1.28 bits per heavy atom. The predicted octanol–water partition coefficient (Wildman–Crippen LogP) is 2.85. The first-order valence-electron chi connectivity index (χ1n) is 6.44. The van der Waals surface area contributed by atoms with Gasteiger partial charge in [0.15, 0.2) is 0 Å². The third kappa shape index (κ3) is 2.37. The lowest BCUT2D eigenvalue weighted by molar-refractivity contribution is 0.295. The van der Waals surface area contributed by atoms with Crippen LogP contribution in [0.4, 0.5) is 5.95 Å². The second-order valence-corrected chi connectivity index (χ2v) is 4.70. The summed E-state index contributed by atoms with van der Waals surface area (Å²) in [6.07, 6.45) is 3.85. The molecule has 1 aliphatic rings. The van der Waals surface area contributed by atoms with E-state index in [1.807, 2.05) is 31.3 Å². The molecule has 18 heavy (non-hydrogen) atoms. The summed E-state index contributed by atoms with van der Waals surface area (Å²) >= 11 is 0. The lowest BCUT2D eigenvalue weighted by Gasteiger charge is -2.09. The zero-order valence-electron chi connectivity index (χ0n) is 10.5. The van der Waals surface area contributed by atoms with Crippen LogP contribution >= 0.6 is 0 Å². The number of ether oxygens (including phenoxy) is 1. The minimum absolute atomic E-state index is 0.607. The molecule has 4 heteroatoms. The first kappa shape index (κ1) is 11.3. The highest BCUT2D eigenvalue weighted by Crippen LogP contribution is 2.32. The monoisotopic (exact) mass is 243 g/mol. The molecule has 94 valence electrons. The Morgan fingerprint density at radius 3 is 2.89 bits per heavy atom. The number of fused-ring (bicyclic) bond motifs is 1. The smallest absolute Gasteiger partial charge is 0.226 e. The first-order valence-corrected chi connectivity index (χ1v) is 6.44. The van der Waals surface area contributed by atoms with Gasteiger partial charge in [-0.1, -0.05) is 25.0 Å². The molecule has 0 aliphatic heterocycles. The molecule has 0 spiro atoms. The van der Waals surface area contributed by atoms with Crippen molar-refractivity contribution in [2.75, 3.05) is 19.0 Å². The van der Waals surface area contributed by atoms with Crippen LogP contribution in [0.2, 0.25) is 0 Å². The summed E-state index contributed by atoms with van der Waals surface area (Å²) < 4.78 is 5.82. The number of hydrogen-bond acceptors (Lipinski definition) is 4. The molecule has 1 aliphatic carbocycles. The van der Waals surface area contributed by atoms with Crippen LogP contribution in [0, 0.1) is 5.92 Å². The number of hydrogen-bond donors (Lipinski definition) is 1. The van der Waals surface area contributed by atoms with Crippen LogP contribution in [-0.4, -0.2) is 23.6 Å². The molecular formula is C14H17N3O. The minimum atomic E-state index is 0.607. The second kappa shape index (κ2) is 4.80. The average molecular weight is 243 g/mol. The van der Waals surface area contributed by atoms with Gasteiger partial charge in [0, 0.05) is 7.05 Å². The fourth-order valence-electron chi connectivity index (χ4n) is 2.00. The number of aromatic nitrogens is 2. The van der Waals surface area contributed by atoms with E-state index in [0.29, 0.717) is 11.8 Å². The van der Waals surface area contributed by atoms with Gasteiger partial charge in [0.25, 0.3) is 0 Å². The molecule has 0 bridgehead atoms. The summed E-state index contributed by atoms with van der Waals surface area (Å²) in [5.74, 6) is 2.17. The Labute approximate surface area is 106 Å². The maximum Gasteiger partial charge on any atom is 0.226 e. The Morgan fingerprint density at radius 2 is 2.11 bits per heavy atom. The summed E-state index contributed by atoms with van der Waals surface area (Å²) in [6, 6.07) is 7.94. The van der Waals surface area contributed by atoms with Crippen molar-refractivity contribution in [1.82, 2.24) is 9.97 Å². The van der Waals surface area contributed by atoms with Gasteiger partial charge in [-0.05, 0) is 24.5 Å². The van der Waals surface area contributed by atoms with Gasteiger partial charge in [-0.15, -0.1) is 0 Å². The highest BCUT2D eigenvalue weighted by atomic mass is 16.5. The van der Waals surface area contributed by atoms with Crippen LogP contribution < -0.4 is 10.1 Å². The normalized spacial score (nSPS) is 14.7. The van der Waals surface area contributed by atoms with Crippen molar-refractivity contribution in [3.8, 4) is 5.88 Å². The van der Waals surface area contributed by atoms with E-state index in [0.717, 1.165) is 29.8 Å². The van der Waals surface area contributed by atoms with E-state index in [4.69, 9.17) is 4.74 Å². The Kier molecular flexibility index (Phi) is 3.00. The molecule has 1 heterocycles. The molecule has 0 saturated heterocycles. The molecule has 1 aromatic carbocycles. The quantitative estimate of drug-likeness (QED) is 0.877. The van der Waals surface area contributed by atoms with Crippen LogP contribution in [0.25, 0.3) is 10.9 Å². The van der Waals surface area contributed by atoms with E-state index < -0.39 is 0 Å². The number of nitrogens with one attached hydrogen (secondary N) is 1. The van der Waals surface area contributed by atoms with Gasteiger partial charge >= 0.3 is 0 Å². The lowest BCUT2D eigenvalue weighted by Crippen LogP contribution is -2.04. The van der Waals surface area contributed by atoms with Crippen LogP contribution in [0.15, 0.2) is 24.3 Å². The molecule has 4 nitrogen and oxygen atoms in total. The topological polar surface area (TPSA) is 47.0 Å². The van der Waals surface area contributed by atoms with E-state index in [-0.39, 0.29) is 0 Å². The predicted molar refractivity (Wildman–Crippen MR) is 71.9 cm³/mol. The van der Waals surface area contributed by atoms with Crippen LogP contribution in [0.1, 0.15) is 19.3 Å². The molecule has 2 aromatic rings. The lowest BCUT2D eigenvalue weighted by atomic mass is 10.2. The highest BCUT2D eigenvalue weighted by molar-refractivity contribution is 5.84. The number of para-hydroxylation sites is 1. The maximum atomic E-state index is 5.82. The van der Waals surface area contributed by atoms with E-state index >= 15 is 0 Å². The number of benzene rings is 1. The van der Waals surface area contributed by atoms with Crippen LogP contribution in [-0.2, 0) is 0 Å². The van der Waals surface area contributed by atoms with Crippen molar-refractivity contribution in [2.24, 2.45) is 5.92 Å². The van der Waals surface area contributed by atoms with Gasteiger partial charge in [-0.2, -0.15) is 4.98 Å². The van der Waals surface area contributed by atoms with Gasteiger partial charge in [-0.3, -0.25) is 0 Å². The van der Waals surface area contributed by atoms with Gasteiger partial charge in [0.1, 0.15) is 0 Å². The first-order chi connectivity index (χ1) is 8.86. The Bertz CT molecular complexity index is 552. The van der Waals surface area contributed by atoms with Crippen molar-refractivity contribution in [3.63, 3.8) is 0 Å². The van der Waals surface area contributed by atoms with Crippen LogP contribution in [0.3, 0.4) is 0 Å². The van der Waals surface area contributed by atoms with E-state index in [9.17, 15) is 0 Å². The average Bonchev–Trinajstić information content (AvgIpc) is 3.22. The molecule has 1 saturated carbocycles. The molecule has 0 atom stereocenters. The minimum Gasteiger partial charge on any atom is -0.477 e. The molecule has 1 fully saturated rings. The van der Waals surface area contributed by atoms with Crippen molar-refractivity contribution >= 4 is 16.9 Å². The third-order valence-electron chi connectivity index (χ3n) is 3.25. The SMILES string of the molecule is CNc1nc(OCCC2CC2)c2ccccc2n1. The zero-order valence-corrected chi connectivity index (χ0v) is 10.5. The van der Waals surface area contributed by atoms with Crippen LogP contribution in [0.5, 0.6) is 5.88 Å². The summed E-state index contributed by atoms with van der Waals surface area (Å²) in [5, 5.41) is 3.95. The summed E-state index contributed by atoms with van der Waals surface area (Å²) in [6.45, 7) is 0.745. The highest BCUT2D eigenvalue weighted by Gasteiger charge is 2.21. The largest absolute Gasteiger partial charge is 0.477 e. The second-order valence-electron chi connectivity index (χ2n) is 4.70. The van der Waals surface area contributed by atoms with Gasteiger partial charge in [0.05, 0.1) is 17.5 Å². The molecule has 0 unspecified atom stereocenters. The van der Waals surface area contributed by atoms with Crippen molar-refractivity contribution in [1.29, 1.82) is 0 Å². The number of nitrogens with zero attached hydrogens (tertiary/aromatic N) is 2. The fraction of sp³-hybridized carbons (Fsp3) is 0.429. The van der Waals surface area contributed by atoms with Crippen molar-refractivity contribution < 1.29 is 4.74 Å². The third-order valence-corrected chi connectivity index (χ3v) is 3.25. The fourth-order valence-corrected chi connectivity index (χ4v) is 2.00. The summed E-state index contributed by atoms with van der Waals surface area (Å²) in [4.78, 5) is 8.80. The van der Waals surface area contributed by atoms with Gasteiger partial charge in [0.2, 0.25) is 11.8 Å². The summed E-state index contributed by atoms with van der Waals surface area (Å²) in [7, 11) is 1.82. The Balaban J connectivity index is 1.86. The van der Waals surface area contributed by atoms with Crippen molar-refractivity contribution in [3.05, 3.63) is 24.3 Å². The zero-order chi connectivity index (χ0) is 12.4. The van der Waals surface area contributed by atoms with Crippen molar-refractivity contribution in [2.45, 2.75) is 19.3 Å². The molecule has 1 aromatic heterocycles. The number of rotatable bonds is 5. The molecule has 0 radical (unpaired) electrons. The Hall–Kier alpha value is -1.84. The number of anilines is 1. The standard InChI is InChI=1S/C14H17N3O/c1-15-14-16-12-5-3-2-4-11(12)13(17-14)18-9-8-10-6-7-10/h2-5,10H,6-9H2,1H3,(H,15,16,17). The van der Waals surface area contributed by atoms with E-state index in [1.165, 1.54) is 12.8 Å². The maximum absolute atomic E-state index is 5.82. The molecular weight excluding hydrogens is 226 g/mol. The molecule has 1 N–H and O–H groups in total. The summed E-state index contributed by atoms with van der Waals surface area (Å²) in [5.41, 5.74) is 0.915.